The van der Waals surface area contributed by atoms with E-state index in [-0.39, 0.29) is 0 Å². The highest BCUT2D eigenvalue weighted by atomic mass is 32.2. The van der Waals surface area contributed by atoms with Crippen LogP contribution < -0.4 is 0 Å². The third-order valence-electron chi connectivity index (χ3n) is 3.97. The summed E-state index contributed by atoms with van der Waals surface area (Å²) >= 11 is 1.35. The number of hydrogen-bond acceptors (Lipinski definition) is 3. The highest BCUT2D eigenvalue weighted by Crippen LogP contribution is 2.37. The number of pyridine rings is 1. The lowest BCUT2D eigenvalue weighted by Crippen LogP contribution is -2.26. The van der Waals surface area contributed by atoms with E-state index in [1.165, 1.54) is 17.3 Å². The van der Waals surface area contributed by atoms with Crippen LogP contribution in [-0.2, 0) is 4.79 Å². The van der Waals surface area contributed by atoms with Crippen molar-refractivity contribution in [2.45, 2.75) is 30.4 Å². The number of hydrogen-bond donors (Lipinski definition) is 1. The van der Waals surface area contributed by atoms with E-state index in [1.54, 1.807) is 20.0 Å². The van der Waals surface area contributed by atoms with Gasteiger partial charge in [-0.3, -0.25) is 9.78 Å². The second kappa shape index (κ2) is 6.29. The molecule has 0 radical (unpaired) electrons. The van der Waals surface area contributed by atoms with Crippen molar-refractivity contribution in [2.24, 2.45) is 0 Å². The molecule has 3 nitrogen and oxygen atoms in total. The smallest absolute Gasteiger partial charge is 0.319 e. The number of thioether (sulfide) groups is 1. The van der Waals surface area contributed by atoms with Crippen molar-refractivity contribution < 1.29 is 9.90 Å². The number of carboxylic acids is 1. The largest absolute Gasteiger partial charge is 0.480 e. The minimum absolute atomic E-state index is 0.827. The number of fused-ring (bicyclic) bond motifs is 1. The SMILES string of the molecule is Cc1ccc(-c2ccc3nccc(SC(C)(C)C(=O)O)c3c2)cc1. The predicted octanol–water partition coefficient (Wildman–Crippen LogP) is 5.17. The first-order valence-corrected chi connectivity index (χ1v) is 8.57. The zero-order valence-electron chi connectivity index (χ0n) is 13.9. The zero-order valence-corrected chi connectivity index (χ0v) is 14.7. The Labute approximate surface area is 145 Å². The van der Waals surface area contributed by atoms with Crippen molar-refractivity contribution in [3.05, 3.63) is 60.3 Å². The van der Waals surface area contributed by atoms with Crippen LogP contribution in [0.2, 0.25) is 0 Å². The summed E-state index contributed by atoms with van der Waals surface area (Å²) in [6, 6.07) is 16.4. The lowest BCUT2D eigenvalue weighted by molar-refractivity contribution is -0.138. The summed E-state index contributed by atoms with van der Waals surface area (Å²) < 4.78 is -0.895. The van der Waals surface area contributed by atoms with Gasteiger partial charge in [0.25, 0.3) is 0 Å². The van der Waals surface area contributed by atoms with E-state index in [9.17, 15) is 9.90 Å². The minimum atomic E-state index is -0.895. The van der Waals surface area contributed by atoms with Gasteiger partial charge in [0, 0.05) is 16.5 Å². The molecule has 2 aromatic carbocycles. The summed E-state index contributed by atoms with van der Waals surface area (Å²) in [4.78, 5) is 16.8. The molecule has 0 spiro atoms. The van der Waals surface area contributed by atoms with E-state index < -0.39 is 10.7 Å². The minimum Gasteiger partial charge on any atom is -0.480 e. The standard InChI is InChI=1S/C20H19NO2S/c1-13-4-6-14(7-5-13)15-8-9-17-16(12-15)18(10-11-21-17)24-20(2,3)19(22)23/h4-12H,1-3H3,(H,22,23). The maximum atomic E-state index is 11.4. The van der Waals surface area contributed by atoms with Crippen LogP contribution in [0.25, 0.3) is 22.0 Å². The molecule has 0 saturated carbocycles. The van der Waals surface area contributed by atoms with E-state index in [4.69, 9.17) is 0 Å². The van der Waals surface area contributed by atoms with Crippen molar-refractivity contribution in [3.8, 4) is 11.1 Å². The van der Waals surface area contributed by atoms with Crippen molar-refractivity contribution in [3.63, 3.8) is 0 Å². The lowest BCUT2D eigenvalue weighted by Gasteiger charge is -2.19. The molecule has 0 amide bonds. The van der Waals surface area contributed by atoms with Gasteiger partial charge in [0.15, 0.2) is 0 Å². The Bertz CT molecular complexity index is 901. The molecule has 0 saturated heterocycles. The van der Waals surface area contributed by atoms with Crippen LogP contribution in [0.4, 0.5) is 0 Å². The molecule has 0 atom stereocenters. The average Bonchev–Trinajstić information content (AvgIpc) is 2.55. The van der Waals surface area contributed by atoms with Crippen LogP contribution in [0, 0.1) is 6.92 Å². The molecular formula is C20H19NO2S. The molecule has 0 fully saturated rings. The van der Waals surface area contributed by atoms with Gasteiger partial charge < -0.3 is 5.11 Å². The fourth-order valence-electron chi connectivity index (χ4n) is 2.45. The highest BCUT2D eigenvalue weighted by molar-refractivity contribution is 8.01. The summed E-state index contributed by atoms with van der Waals surface area (Å²) in [5.74, 6) is -0.827. The van der Waals surface area contributed by atoms with Crippen molar-refractivity contribution in [1.29, 1.82) is 0 Å². The lowest BCUT2D eigenvalue weighted by atomic mass is 10.0. The van der Waals surface area contributed by atoms with Gasteiger partial charge >= 0.3 is 5.97 Å². The summed E-state index contributed by atoms with van der Waals surface area (Å²) in [6.45, 7) is 5.50. The quantitative estimate of drug-likeness (QED) is 0.668. The summed E-state index contributed by atoms with van der Waals surface area (Å²) in [5.41, 5.74) is 4.34. The third-order valence-corrected chi connectivity index (χ3v) is 5.23. The van der Waals surface area contributed by atoms with Gasteiger partial charge in [-0.25, -0.2) is 0 Å². The van der Waals surface area contributed by atoms with Crippen LogP contribution in [0.1, 0.15) is 19.4 Å². The molecule has 0 unspecified atom stereocenters. The molecule has 1 aromatic heterocycles. The summed E-state index contributed by atoms with van der Waals surface area (Å²) in [5, 5.41) is 10.4. The number of carbonyl (C=O) groups is 1. The summed E-state index contributed by atoms with van der Waals surface area (Å²) in [6.07, 6.45) is 1.73. The second-order valence-corrected chi connectivity index (χ2v) is 7.99. The van der Waals surface area contributed by atoms with Gasteiger partial charge in [0.05, 0.1) is 5.52 Å². The monoisotopic (exact) mass is 337 g/mol. The van der Waals surface area contributed by atoms with E-state index >= 15 is 0 Å². The number of aryl methyl sites for hydroxylation is 1. The van der Waals surface area contributed by atoms with Gasteiger partial charge in [0.2, 0.25) is 0 Å². The Balaban J connectivity index is 2.09. The van der Waals surface area contributed by atoms with Crippen molar-refractivity contribution in [2.75, 3.05) is 0 Å². The Morgan fingerprint density at radius 2 is 1.71 bits per heavy atom. The molecule has 4 heteroatoms. The molecule has 3 aromatic rings. The van der Waals surface area contributed by atoms with Crippen LogP contribution in [0.5, 0.6) is 0 Å². The maximum Gasteiger partial charge on any atom is 0.319 e. The molecule has 1 heterocycles. The van der Waals surface area contributed by atoms with E-state index in [2.05, 4.69) is 48.3 Å². The molecule has 3 rings (SSSR count). The first-order valence-electron chi connectivity index (χ1n) is 7.75. The Hall–Kier alpha value is -2.33. The van der Waals surface area contributed by atoms with Gasteiger partial charge in [-0.05, 0) is 50.1 Å². The third kappa shape index (κ3) is 3.29. The summed E-state index contributed by atoms with van der Waals surface area (Å²) in [7, 11) is 0. The van der Waals surface area contributed by atoms with Crippen molar-refractivity contribution >= 4 is 28.6 Å². The van der Waals surface area contributed by atoms with Gasteiger partial charge in [-0.1, -0.05) is 35.9 Å². The molecular weight excluding hydrogens is 318 g/mol. The Morgan fingerprint density at radius 3 is 2.38 bits per heavy atom. The normalized spacial score (nSPS) is 11.6. The molecule has 1 N–H and O–H groups in total. The Morgan fingerprint density at radius 1 is 1.04 bits per heavy atom. The molecule has 122 valence electrons. The van der Waals surface area contributed by atoms with Crippen LogP contribution >= 0.6 is 11.8 Å². The van der Waals surface area contributed by atoms with Crippen LogP contribution in [0.15, 0.2) is 59.6 Å². The van der Waals surface area contributed by atoms with E-state index in [0.29, 0.717) is 0 Å². The number of carboxylic acid groups (broad SMARTS) is 1. The molecule has 0 aliphatic carbocycles. The average molecular weight is 337 g/mol. The van der Waals surface area contributed by atoms with E-state index in [1.807, 2.05) is 12.1 Å². The molecule has 0 aliphatic rings. The second-order valence-electron chi connectivity index (χ2n) is 6.32. The van der Waals surface area contributed by atoms with Gasteiger partial charge in [-0.15, -0.1) is 11.8 Å². The van der Waals surface area contributed by atoms with Crippen LogP contribution in [-0.4, -0.2) is 20.8 Å². The fourth-order valence-corrected chi connectivity index (χ4v) is 3.49. The number of nitrogens with zero attached hydrogens (tertiary/aromatic N) is 1. The first-order chi connectivity index (χ1) is 11.4. The molecule has 24 heavy (non-hydrogen) atoms. The molecule has 0 aliphatic heterocycles. The Kier molecular flexibility index (Phi) is 4.33. The number of rotatable bonds is 4. The van der Waals surface area contributed by atoms with Gasteiger partial charge in [0.1, 0.15) is 4.75 Å². The zero-order chi connectivity index (χ0) is 17.3. The van der Waals surface area contributed by atoms with E-state index in [0.717, 1.165) is 26.9 Å². The van der Waals surface area contributed by atoms with Crippen molar-refractivity contribution in [1.82, 2.24) is 4.98 Å². The van der Waals surface area contributed by atoms with Gasteiger partial charge in [-0.2, -0.15) is 0 Å². The molecule has 0 bridgehead atoms. The van der Waals surface area contributed by atoms with Crippen LogP contribution in [0.3, 0.4) is 0 Å². The maximum absolute atomic E-state index is 11.4. The number of benzene rings is 2. The predicted molar refractivity (Wildman–Crippen MR) is 99.5 cm³/mol. The number of aromatic nitrogens is 1. The highest BCUT2D eigenvalue weighted by Gasteiger charge is 2.29. The fraction of sp³-hybridized carbons (Fsp3) is 0.200. The first kappa shape index (κ1) is 16.5. The number of aliphatic carboxylic acids is 1. The topological polar surface area (TPSA) is 50.2 Å².